The lowest BCUT2D eigenvalue weighted by atomic mass is 9.99. The lowest BCUT2D eigenvalue weighted by Crippen LogP contribution is -2.62. The second kappa shape index (κ2) is 39.7. The van der Waals surface area contributed by atoms with Crippen molar-refractivity contribution in [3.8, 4) is 5.75 Å². The van der Waals surface area contributed by atoms with Gasteiger partial charge in [0.2, 0.25) is 65.0 Å². The Morgan fingerprint density at radius 3 is 1.48 bits per heavy atom. The van der Waals surface area contributed by atoms with Gasteiger partial charge >= 0.3 is 0 Å². The quantitative estimate of drug-likeness (QED) is 0.0248. The highest BCUT2D eigenvalue weighted by atomic mass is 35.5. The molecule has 1 aliphatic heterocycles. The van der Waals surface area contributed by atoms with Crippen LogP contribution in [0.2, 0.25) is 5.02 Å². The van der Waals surface area contributed by atoms with Crippen molar-refractivity contribution < 1.29 is 63.0 Å². The Kier molecular flexibility index (Phi) is 30.8. The molecule has 27 nitrogen and oxygen atoms in total. The molecular formula is C75H95ClN14O13. The number of nitrogens with one attached hydrogen (secondary N) is 10. The van der Waals surface area contributed by atoms with E-state index in [2.05, 4.69) is 63.1 Å². The Labute approximate surface area is 604 Å². The molecule has 11 amide bonds. The first-order valence-electron chi connectivity index (χ1n) is 34.7. The third-order valence-electron chi connectivity index (χ3n) is 17.4. The first-order chi connectivity index (χ1) is 49.2. The van der Waals surface area contributed by atoms with Crippen molar-refractivity contribution >= 4 is 87.4 Å². The molecule has 0 saturated carbocycles. The number of aliphatic hydroxyl groups excluding tert-OH is 1. The Bertz CT molecular complexity index is 3870. The Balaban J connectivity index is 1.13. The molecule has 2 aromatic heterocycles. The van der Waals surface area contributed by atoms with E-state index in [1.165, 1.54) is 67.8 Å². The number of pyridine rings is 2. The number of aliphatic hydroxyl groups is 1. The van der Waals surface area contributed by atoms with Gasteiger partial charge in [0.15, 0.2) is 0 Å². The first-order valence-corrected chi connectivity index (χ1v) is 35.0. The summed E-state index contributed by atoms with van der Waals surface area (Å²) in [6, 6.07) is 18.7. The highest BCUT2D eigenvalue weighted by molar-refractivity contribution is 6.30. The fraction of sp³-hybridized carbons (Fsp3) is 0.427. The highest BCUT2D eigenvalue weighted by Crippen LogP contribution is 2.23. The molecule has 1 saturated heterocycles. The molecule has 28 heteroatoms. The number of likely N-dealkylation sites (tertiary alicyclic amines) is 1. The van der Waals surface area contributed by atoms with E-state index in [0.717, 1.165) is 10.8 Å². The minimum absolute atomic E-state index is 0.0404. The average molecular weight is 1440 g/mol. The van der Waals surface area contributed by atoms with Crippen molar-refractivity contribution in [3.05, 3.63) is 173 Å². The van der Waals surface area contributed by atoms with Crippen molar-refractivity contribution in [1.29, 1.82) is 0 Å². The Hall–Kier alpha value is -10.4. The van der Waals surface area contributed by atoms with E-state index in [4.69, 9.17) is 17.3 Å². The fourth-order valence-corrected chi connectivity index (χ4v) is 12.1. The number of unbranched alkanes of at least 4 members (excludes halogenated alkanes) is 1. The van der Waals surface area contributed by atoms with Crippen LogP contribution >= 0.6 is 11.6 Å². The number of halogens is 1. The Morgan fingerprint density at radius 1 is 0.524 bits per heavy atom. The molecule has 1 aliphatic rings. The van der Waals surface area contributed by atoms with Crippen molar-refractivity contribution in [3.63, 3.8) is 0 Å². The summed E-state index contributed by atoms with van der Waals surface area (Å²) in [5.74, 6) is -8.89. The van der Waals surface area contributed by atoms with Gasteiger partial charge in [0.25, 0.3) is 0 Å². The largest absolute Gasteiger partial charge is 0.508 e. The molecule has 10 atom stereocenters. The number of nitrogens with two attached hydrogens (primary N) is 1. The number of phenolic OH excluding ortho intramolecular Hbond substituents is 1. The van der Waals surface area contributed by atoms with E-state index in [1.54, 1.807) is 48.5 Å². The third-order valence-corrected chi connectivity index (χ3v) is 17.7. The summed E-state index contributed by atoms with van der Waals surface area (Å²) in [6.07, 6.45) is 7.20. The number of phenols is 1. The maximum Gasteiger partial charge on any atom is 0.245 e. The molecule has 0 radical (unpaired) electrons. The number of benzene rings is 4. The molecule has 7 rings (SSSR count). The number of carbonyl (C=O) groups is 11. The van der Waals surface area contributed by atoms with E-state index < -0.39 is 132 Å². The first kappa shape index (κ1) is 79.9. The standard InChI is InChI=1S/C75H95ClN14O13/c1-44(2)34-58(67(95)83-57(18-9-10-32-80-45(3)4)75(103)90-33-13-19-65(90)74(102)81-46(5)66(77)94)84-71(99)62(39-51-14-11-30-78-41-51)86-70(98)61(37-49-23-28-56(93)29-24-49)88-73(101)64(43-91)89-72(100)63(40-52-15-12-31-79-42-52)87-69(97)60(36-48-21-26-55(76)27-22-48)85-68(96)59(82-47(6)92)38-50-20-25-53-16-7-8-17-54(53)35-50/h7-8,11-12,14-17,20-31,35,41-42,44-46,57-65,80,91,93H,9-10,13,18-19,32-34,36-40,43H2,1-6H3,(H2,77,94)(H,81,102)(H,82,92)(H,83,95)(H,84,99)(H,85,96)(H,86,98)(H,87,97)(H,88,101)(H,89,100)/t46-,57-,58-,59+,60-,61-,62+,63+,64-,65+/m0/s1. The minimum Gasteiger partial charge on any atom is -0.508 e. The predicted molar refractivity (Wildman–Crippen MR) is 387 cm³/mol. The number of amides is 11. The molecule has 3 heterocycles. The molecule has 6 aromatic rings. The van der Waals surface area contributed by atoms with Crippen LogP contribution in [0.1, 0.15) is 108 Å². The predicted octanol–water partition coefficient (Wildman–Crippen LogP) is 2.59. The van der Waals surface area contributed by atoms with Crippen molar-refractivity contribution in [2.45, 2.75) is 179 Å². The summed E-state index contributed by atoms with van der Waals surface area (Å²) in [7, 11) is 0. The van der Waals surface area contributed by atoms with Crippen LogP contribution in [0, 0.1) is 5.92 Å². The van der Waals surface area contributed by atoms with Crippen LogP contribution in [0.15, 0.2) is 140 Å². The number of fused-ring (bicyclic) bond motifs is 1. The molecule has 103 heavy (non-hydrogen) atoms. The van der Waals surface area contributed by atoms with Crippen molar-refractivity contribution in [2.75, 3.05) is 19.7 Å². The molecule has 0 aliphatic carbocycles. The number of hydrogen-bond donors (Lipinski definition) is 13. The van der Waals surface area contributed by atoms with Crippen LogP contribution in [-0.4, -0.2) is 176 Å². The minimum atomic E-state index is -1.81. The zero-order valence-electron chi connectivity index (χ0n) is 58.8. The molecule has 0 unspecified atom stereocenters. The smallest absolute Gasteiger partial charge is 0.245 e. The zero-order valence-corrected chi connectivity index (χ0v) is 59.5. The van der Waals surface area contributed by atoms with Gasteiger partial charge < -0.3 is 74.0 Å². The van der Waals surface area contributed by atoms with Crippen molar-refractivity contribution in [1.82, 2.24) is 68.0 Å². The lowest BCUT2D eigenvalue weighted by molar-refractivity contribution is -0.142. The van der Waals surface area contributed by atoms with Gasteiger partial charge in [-0.05, 0) is 133 Å². The lowest BCUT2D eigenvalue weighted by Gasteiger charge is -2.31. The second-order valence-electron chi connectivity index (χ2n) is 26.6. The molecule has 550 valence electrons. The molecular weight excluding hydrogens is 1340 g/mol. The van der Waals surface area contributed by atoms with Crippen LogP contribution < -0.4 is 58.9 Å². The number of primary amides is 1. The van der Waals surface area contributed by atoms with Crippen LogP contribution in [0.4, 0.5) is 0 Å². The summed E-state index contributed by atoms with van der Waals surface area (Å²) in [4.78, 5) is 166. The van der Waals surface area contributed by atoms with Gasteiger partial charge in [-0.1, -0.05) is 118 Å². The van der Waals surface area contributed by atoms with Gasteiger partial charge in [0, 0.05) is 81.4 Å². The number of hydrogen-bond acceptors (Lipinski definition) is 16. The van der Waals surface area contributed by atoms with E-state index >= 15 is 4.79 Å². The topological polar surface area (TPSA) is 404 Å². The van der Waals surface area contributed by atoms with E-state index in [9.17, 15) is 58.2 Å². The summed E-state index contributed by atoms with van der Waals surface area (Å²) in [5, 5.41) is 51.2. The van der Waals surface area contributed by atoms with Crippen LogP contribution in [0.5, 0.6) is 5.75 Å². The van der Waals surface area contributed by atoms with E-state index in [1.807, 2.05) is 70.2 Å². The van der Waals surface area contributed by atoms with Gasteiger partial charge in [-0.2, -0.15) is 0 Å². The number of carbonyl (C=O) groups excluding carboxylic acids is 11. The highest BCUT2D eigenvalue weighted by Gasteiger charge is 2.40. The van der Waals surface area contributed by atoms with Gasteiger partial charge in [-0.25, -0.2) is 0 Å². The van der Waals surface area contributed by atoms with Gasteiger partial charge in [-0.15, -0.1) is 0 Å². The number of aromatic hydroxyl groups is 1. The van der Waals surface area contributed by atoms with Crippen LogP contribution in [0.25, 0.3) is 10.8 Å². The maximum absolute atomic E-state index is 15.0. The average Bonchev–Trinajstić information content (AvgIpc) is 1.79. The summed E-state index contributed by atoms with van der Waals surface area (Å²) >= 11 is 6.24. The zero-order chi connectivity index (χ0) is 74.7. The molecule has 14 N–H and O–H groups in total. The van der Waals surface area contributed by atoms with E-state index in [0.29, 0.717) is 65.1 Å². The van der Waals surface area contributed by atoms with Crippen LogP contribution in [-0.2, 0) is 84.8 Å². The number of aromatic nitrogens is 2. The number of rotatable bonds is 38. The normalized spacial score (nSPS) is 15.4. The SMILES string of the molecule is CC(=O)N[C@H](Cc1ccc2ccccc2c1)C(=O)N[C@@H](Cc1ccc(Cl)cc1)C(=O)N[C@H](Cc1cccnc1)C(=O)N[C@@H](CO)C(=O)N[C@@H](Cc1ccc(O)cc1)C(=O)N[C@H](Cc1cccnc1)C(=O)N[C@@H](CC(C)C)C(=O)N[C@@H](CCCCNC(C)C)C(=O)N1CCC[C@@H]1C(=O)N[C@@H](C)C(N)=O. The van der Waals surface area contributed by atoms with Crippen LogP contribution in [0.3, 0.4) is 0 Å². The van der Waals surface area contributed by atoms with E-state index in [-0.39, 0.29) is 69.2 Å². The monoisotopic (exact) mass is 1430 g/mol. The molecule has 0 spiro atoms. The van der Waals surface area contributed by atoms with Gasteiger partial charge in [0.1, 0.15) is 66.2 Å². The molecule has 0 bridgehead atoms. The molecule has 4 aromatic carbocycles. The fourth-order valence-electron chi connectivity index (χ4n) is 11.9. The summed E-state index contributed by atoms with van der Waals surface area (Å²) in [5.41, 5.74) is 8.04. The molecule has 1 fully saturated rings. The Morgan fingerprint density at radius 2 is 0.981 bits per heavy atom. The van der Waals surface area contributed by atoms with Gasteiger partial charge in [0.05, 0.1) is 6.61 Å². The van der Waals surface area contributed by atoms with Gasteiger partial charge in [-0.3, -0.25) is 62.7 Å². The maximum atomic E-state index is 15.0. The number of nitrogens with zero attached hydrogens (tertiary/aromatic N) is 3. The summed E-state index contributed by atoms with van der Waals surface area (Å²) < 4.78 is 0. The summed E-state index contributed by atoms with van der Waals surface area (Å²) in [6.45, 7) is 10.1. The second-order valence-corrected chi connectivity index (χ2v) is 27.1. The van der Waals surface area contributed by atoms with Crippen molar-refractivity contribution in [2.24, 2.45) is 11.7 Å². The third kappa shape index (κ3) is 25.6.